The van der Waals surface area contributed by atoms with Crippen molar-refractivity contribution >= 4 is 34.0 Å². The van der Waals surface area contributed by atoms with E-state index in [1.54, 1.807) is 7.11 Å². The second kappa shape index (κ2) is 8.19. The van der Waals surface area contributed by atoms with Gasteiger partial charge in [-0.2, -0.15) is 0 Å². The summed E-state index contributed by atoms with van der Waals surface area (Å²) in [7, 11) is 1.62. The molecule has 0 aliphatic heterocycles. The number of hydrogen-bond donors (Lipinski definition) is 3. The molecule has 0 aromatic heterocycles. The number of thiocarbonyl (C=S) groups is 1. The number of fused-ring (bicyclic) bond motifs is 1. The minimum Gasteiger partial charge on any atom is -0.497 e. The maximum absolute atomic E-state index is 11.7. The van der Waals surface area contributed by atoms with E-state index in [9.17, 15) is 4.79 Å². The molecule has 3 N–H and O–H groups in total. The van der Waals surface area contributed by atoms with Gasteiger partial charge in [0.2, 0.25) is 0 Å². The summed E-state index contributed by atoms with van der Waals surface area (Å²) in [5.41, 5.74) is 5.04. The van der Waals surface area contributed by atoms with E-state index in [-0.39, 0.29) is 12.5 Å². The molecule has 23 heavy (non-hydrogen) atoms. The Morgan fingerprint density at radius 1 is 1.09 bits per heavy atom. The van der Waals surface area contributed by atoms with Crippen LogP contribution in [0.5, 0.6) is 11.5 Å². The summed E-state index contributed by atoms with van der Waals surface area (Å²) >= 11 is 4.94. The molecule has 7 heteroatoms. The number of rotatable bonds is 5. The highest BCUT2D eigenvalue weighted by molar-refractivity contribution is 7.80. The first-order valence-corrected chi connectivity index (χ1v) is 7.56. The van der Waals surface area contributed by atoms with Gasteiger partial charge in [-0.1, -0.05) is 12.1 Å². The maximum Gasteiger partial charge on any atom is 0.276 e. The van der Waals surface area contributed by atoms with Crippen molar-refractivity contribution in [1.82, 2.24) is 16.2 Å². The third-order valence-corrected chi connectivity index (χ3v) is 3.29. The van der Waals surface area contributed by atoms with Gasteiger partial charge in [0.05, 0.1) is 7.11 Å². The van der Waals surface area contributed by atoms with Crippen molar-refractivity contribution in [3.8, 4) is 11.5 Å². The molecule has 0 saturated carbocycles. The van der Waals surface area contributed by atoms with Crippen LogP contribution in [0.2, 0.25) is 0 Å². The average Bonchev–Trinajstić information content (AvgIpc) is 2.57. The van der Waals surface area contributed by atoms with Crippen LogP contribution in [-0.2, 0) is 4.79 Å². The van der Waals surface area contributed by atoms with Crippen LogP contribution in [-0.4, -0.2) is 31.3 Å². The minimum atomic E-state index is -0.323. The van der Waals surface area contributed by atoms with Crippen LogP contribution in [0.4, 0.5) is 0 Å². The fourth-order valence-corrected chi connectivity index (χ4v) is 2.13. The lowest BCUT2D eigenvalue weighted by Crippen LogP contribution is -2.48. The first-order chi connectivity index (χ1) is 11.1. The molecular weight excluding hydrogens is 314 g/mol. The van der Waals surface area contributed by atoms with E-state index in [1.165, 1.54) is 0 Å². The van der Waals surface area contributed by atoms with Crippen molar-refractivity contribution in [2.24, 2.45) is 0 Å². The molecule has 2 rings (SSSR count). The summed E-state index contributed by atoms with van der Waals surface area (Å²) in [4.78, 5) is 11.7. The van der Waals surface area contributed by atoms with Gasteiger partial charge in [0.1, 0.15) is 11.5 Å². The summed E-state index contributed by atoms with van der Waals surface area (Å²) in [6.07, 6.45) is 0. The Balaban J connectivity index is 1.91. The van der Waals surface area contributed by atoms with Crippen LogP contribution in [0.3, 0.4) is 0 Å². The lowest BCUT2D eigenvalue weighted by Gasteiger charge is -2.11. The molecule has 0 aliphatic rings. The van der Waals surface area contributed by atoms with Crippen molar-refractivity contribution in [3.63, 3.8) is 0 Å². The van der Waals surface area contributed by atoms with Gasteiger partial charge in [0.25, 0.3) is 5.91 Å². The van der Waals surface area contributed by atoms with Gasteiger partial charge < -0.3 is 14.8 Å². The third-order valence-electron chi connectivity index (χ3n) is 3.04. The smallest absolute Gasteiger partial charge is 0.276 e. The van der Waals surface area contributed by atoms with Crippen LogP contribution in [0.1, 0.15) is 6.92 Å². The predicted octanol–water partition coefficient (Wildman–Crippen LogP) is 1.74. The standard InChI is InChI=1S/C16H19N3O3S/c1-3-17-16(23)19-18-15(20)10-22-14-7-5-11-4-6-13(21-2)8-12(11)9-14/h4-9H,3,10H2,1-2H3,(H,18,20)(H2,17,19,23). The molecule has 0 spiro atoms. The number of carbonyl (C=O) groups is 1. The Morgan fingerprint density at radius 3 is 2.48 bits per heavy atom. The molecule has 2 aromatic carbocycles. The lowest BCUT2D eigenvalue weighted by molar-refractivity contribution is -0.123. The van der Waals surface area contributed by atoms with Gasteiger partial charge in [-0.15, -0.1) is 0 Å². The van der Waals surface area contributed by atoms with Crippen LogP contribution < -0.4 is 25.6 Å². The zero-order valence-electron chi connectivity index (χ0n) is 13.0. The number of carbonyl (C=O) groups excluding carboxylic acids is 1. The minimum absolute atomic E-state index is 0.114. The predicted molar refractivity (Wildman–Crippen MR) is 93.5 cm³/mol. The van der Waals surface area contributed by atoms with E-state index in [4.69, 9.17) is 21.7 Å². The zero-order chi connectivity index (χ0) is 16.7. The first kappa shape index (κ1) is 16.8. The van der Waals surface area contributed by atoms with E-state index < -0.39 is 0 Å². The molecule has 2 aromatic rings. The molecule has 0 fully saturated rings. The summed E-state index contributed by atoms with van der Waals surface area (Å²) in [5.74, 6) is 1.06. The number of hydrogen-bond acceptors (Lipinski definition) is 4. The highest BCUT2D eigenvalue weighted by Crippen LogP contribution is 2.24. The number of hydrazine groups is 1. The molecule has 0 aliphatic carbocycles. The first-order valence-electron chi connectivity index (χ1n) is 7.15. The number of ether oxygens (including phenoxy) is 2. The van der Waals surface area contributed by atoms with E-state index in [0.717, 1.165) is 16.5 Å². The van der Waals surface area contributed by atoms with Gasteiger partial charge in [-0.05, 0) is 54.2 Å². The zero-order valence-corrected chi connectivity index (χ0v) is 13.8. The van der Waals surface area contributed by atoms with Gasteiger partial charge >= 0.3 is 0 Å². The summed E-state index contributed by atoms with van der Waals surface area (Å²) < 4.78 is 10.7. The Labute approximate surface area is 140 Å². The van der Waals surface area contributed by atoms with Crippen molar-refractivity contribution in [2.45, 2.75) is 6.92 Å². The van der Waals surface area contributed by atoms with Gasteiger partial charge in [0, 0.05) is 6.54 Å². The second-order valence-corrected chi connectivity index (χ2v) is 5.10. The number of amides is 1. The number of benzene rings is 2. The topological polar surface area (TPSA) is 71.6 Å². The fraction of sp³-hybridized carbons (Fsp3) is 0.250. The van der Waals surface area contributed by atoms with E-state index in [0.29, 0.717) is 17.4 Å². The van der Waals surface area contributed by atoms with Crippen LogP contribution in [0, 0.1) is 0 Å². The highest BCUT2D eigenvalue weighted by Gasteiger charge is 2.04. The average molecular weight is 333 g/mol. The van der Waals surface area contributed by atoms with Crippen LogP contribution in [0.15, 0.2) is 36.4 Å². The molecule has 122 valence electrons. The number of nitrogens with one attached hydrogen (secondary N) is 3. The molecule has 0 unspecified atom stereocenters. The van der Waals surface area contributed by atoms with Crippen LogP contribution in [0.25, 0.3) is 10.8 Å². The summed E-state index contributed by atoms with van der Waals surface area (Å²) in [5, 5.41) is 5.27. The van der Waals surface area contributed by atoms with Gasteiger partial charge in [-0.3, -0.25) is 15.6 Å². The summed E-state index contributed by atoms with van der Waals surface area (Å²) in [6.45, 7) is 2.48. The third kappa shape index (κ3) is 5.00. The molecular formula is C16H19N3O3S. The molecule has 0 heterocycles. The van der Waals surface area contributed by atoms with Crippen molar-refractivity contribution in [3.05, 3.63) is 36.4 Å². The highest BCUT2D eigenvalue weighted by atomic mass is 32.1. The van der Waals surface area contributed by atoms with Crippen LogP contribution >= 0.6 is 12.2 Å². The molecule has 0 atom stereocenters. The van der Waals surface area contributed by atoms with E-state index >= 15 is 0 Å². The van der Waals surface area contributed by atoms with Gasteiger partial charge in [-0.25, -0.2) is 0 Å². The Kier molecular flexibility index (Phi) is 5.99. The molecule has 1 amide bonds. The Hall–Kier alpha value is -2.54. The molecule has 6 nitrogen and oxygen atoms in total. The fourth-order valence-electron chi connectivity index (χ4n) is 1.94. The molecule has 0 bridgehead atoms. The molecule has 0 radical (unpaired) electrons. The molecule has 0 saturated heterocycles. The van der Waals surface area contributed by atoms with E-state index in [1.807, 2.05) is 43.3 Å². The van der Waals surface area contributed by atoms with E-state index in [2.05, 4.69) is 16.2 Å². The van der Waals surface area contributed by atoms with Crippen molar-refractivity contribution < 1.29 is 14.3 Å². The lowest BCUT2D eigenvalue weighted by atomic mass is 10.1. The Bertz CT molecular complexity index is 706. The number of methoxy groups -OCH3 is 1. The maximum atomic E-state index is 11.7. The van der Waals surface area contributed by atoms with Gasteiger partial charge in [0.15, 0.2) is 11.7 Å². The SMILES string of the molecule is CCNC(=S)NNC(=O)COc1ccc2ccc(OC)cc2c1. The van der Waals surface area contributed by atoms with Crippen molar-refractivity contribution in [2.75, 3.05) is 20.3 Å². The van der Waals surface area contributed by atoms with Crippen molar-refractivity contribution in [1.29, 1.82) is 0 Å². The largest absolute Gasteiger partial charge is 0.497 e. The monoisotopic (exact) mass is 333 g/mol. The second-order valence-electron chi connectivity index (χ2n) is 4.70. The normalized spacial score (nSPS) is 10.0. The quantitative estimate of drug-likeness (QED) is 0.572. The summed E-state index contributed by atoms with van der Waals surface area (Å²) in [6, 6.07) is 11.4. The Morgan fingerprint density at radius 2 is 1.78 bits per heavy atom.